The Hall–Kier alpha value is -1.76. The van der Waals surface area contributed by atoms with E-state index >= 15 is 0 Å². The summed E-state index contributed by atoms with van der Waals surface area (Å²) >= 11 is 0. The number of ether oxygens (including phenoxy) is 1. The van der Waals surface area contributed by atoms with Crippen molar-refractivity contribution in [3.63, 3.8) is 0 Å². The zero-order chi connectivity index (χ0) is 14.3. The van der Waals surface area contributed by atoms with E-state index in [-0.39, 0.29) is 0 Å². The summed E-state index contributed by atoms with van der Waals surface area (Å²) in [6, 6.07) is 1.93. The molecule has 2 aromatic heterocycles. The van der Waals surface area contributed by atoms with Crippen LogP contribution in [0.5, 0.6) is 0 Å². The van der Waals surface area contributed by atoms with Crippen LogP contribution in [0.15, 0.2) is 10.6 Å². The van der Waals surface area contributed by atoms with Crippen molar-refractivity contribution in [1.29, 1.82) is 0 Å². The van der Waals surface area contributed by atoms with Crippen molar-refractivity contribution >= 4 is 16.8 Å². The van der Waals surface area contributed by atoms with Crippen molar-refractivity contribution in [3.05, 3.63) is 17.5 Å². The summed E-state index contributed by atoms with van der Waals surface area (Å²) in [6.07, 6.45) is 0.135. The molecule has 0 unspecified atom stereocenters. The van der Waals surface area contributed by atoms with Crippen LogP contribution in [-0.4, -0.2) is 35.9 Å². The molecule has 3 rings (SSSR count). The second kappa shape index (κ2) is 4.97. The van der Waals surface area contributed by atoms with Crippen molar-refractivity contribution in [3.8, 4) is 0 Å². The van der Waals surface area contributed by atoms with E-state index in [4.69, 9.17) is 4.52 Å². The van der Waals surface area contributed by atoms with Crippen molar-refractivity contribution in [2.45, 2.75) is 33.0 Å². The Morgan fingerprint density at radius 1 is 1.45 bits per heavy atom. The molecule has 1 fully saturated rings. The van der Waals surface area contributed by atoms with E-state index in [2.05, 4.69) is 14.9 Å². The number of hydrogen-bond acceptors (Lipinski definition) is 5. The molecule has 2 aromatic rings. The normalized spacial score (nSPS) is 19.4. The van der Waals surface area contributed by atoms with Gasteiger partial charge in [0.05, 0.1) is 22.9 Å². The first-order valence-electron chi connectivity index (χ1n) is 6.47. The van der Waals surface area contributed by atoms with Crippen LogP contribution in [0.1, 0.15) is 17.8 Å². The van der Waals surface area contributed by atoms with E-state index < -0.39 is 12.7 Å². The molecule has 7 heteroatoms. The average molecular weight is 283 g/mol. The Labute approximate surface area is 114 Å². The molecule has 5 nitrogen and oxygen atoms in total. The summed E-state index contributed by atoms with van der Waals surface area (Å²) in [6.45, 7) is 2.09. The van der Waals surface area contributed by atoms with Gasteiger partial charge >= 0.3 is 6.61 Å². The summed E-state index contributed by atoms with van der Waals surface area (Å²) in [5, 5.41) is 4.76. The highest BCUT2D eigenvalue weighted by molar-refractivity contribution is 5.90. The fourth-order valence-electron chi connectivity index (χ4n) is 2.64. The number of nitrogens with zero attached hydrogens (tertiary/aromatic N) is 3. The number of anilines is 1. The van der Waals surface area contributed by atoms with Crippen LogP contribution in [0.4, 0.5) is 14.5 Å². The monoisotopic (exact) mass is 283 g/mol. The van der Waals surface area contributed by atoms with Crippen molar-refractivity contribution in [2.75, 3.05) is 18.0 Å². The molecule has 108 valence electrons. The molecule has 0 N–H and O–H groups in total. The highest BCUT2D eigenvalue weighted by Crippen LogP contribution is 2.32. The van der Waals surface area contributed by atoms with E-state index in [0.29, 0.717) is 25.2 Å². The first-order chi connectivity index (χ1) is 9.54. The summed E-state index contributed by atoms with van der Waals surface area (Å²) in [5.41, 5.74) is 2.96. The fourth-order valence-corrected chi connectivity index (χ4v) is 2.64. The third-order valence-electron chi connectivity index (χ3n) is 3.51. The van der Waals surface area contributed by atoms with Gasteiger partial charge in [0, 0.05) is 18.8 Å². The van der Waals surface area contributed by atoms with Gasteiger partial charge in [0.15, 0.2) is 0 Å². The molecular formula is C13H15F2N3O2. The first kappa shape index (κ1) is 13.2. The van der Waals surface area contributed by atoms with Gasteiger partial charge in [0.1, 0.15) is 0 Å². The molecule has 0 aromatic carbocycles. The van der Waals surface area contributed by atoms with Gasteiger partial charge in [-0.3, -0.25) is 0 Å². The van der Waals surface area contributed by atoms with Gasteiger partial charge in [0.25, 0.3) is 5.71 Å². The molecular weight excluding hydrogens is 268 g/mol. The van der Waals surface area contributed by atoms with Gasteiger partial charge in [-0.05, 0) is 26.3 Å². The maximum absolute atomic E-state index is 12.3. The molecule has 1 atom stereocenters. The topological polar surface area (TPSA) is 51.4 Å². The largest absolute Gasteiger partial charge is 0.368 e. The first-order valence-corrected chi connectivity index (χ1v) is 6.47. The highest BCUT2D eigenvalue weighted by Gasteiger charge is 2.28. The molecule has 0 amide bonds. The minimum absolute atomic E-state index is 0.438. The molecule has 1 aliphatic heterocycles. The predicted octanol–water partition coefficient (Wildman–Crippen LogP) is 2.66. The summed E-state index contributed by atoms with van der Waals surface area (Å²) in [4.78, 5) is 6.31. The van der Waals surface area contributed by atoms with Crippen molar-refractivity contribution in [2.24, 2.45) is 0 Å². The lowest BCUT2D eigenvalue weighted by Crippen LogP contribution is -2.24. The number of rotatable bonds is 3. The fraction of sp³-hybridized carbons (Fsp3) is 0.538. The van der Waals surface area contributed by atoms with Crippen LogP contribution in [-0.2, 0) is 4.74 Å². The zero-order valence-corrected chi connectivity index (χ0v) is 11.3. The van der Waals surface area contributed by atoms with Gasteiger partial charge in [-0.15, -0.1) is 0 Å². The molecule has 0 spiro atoms. The van der Waals surface area contributed by atoms with Crippen LogP contribution in [0.25, 0.3) is 11.1 Å². The Morgan fingerprint density at radius 3 is 3.00 bits per heavy atom. The van der Waals surface area contributed by atoms with Gasteiger partial charge in [-0.25, -0.2) is 4.98 Å². The number of fused-ring (bicyclic) bond motifs is 1. The van der Waals surface area contributed by atoms with E-state index in [0.717, 1.165) is 22.5 Å². The van der Waals surface area contributed by atoms with E-state index in [1.54, 1.807) is 0 Å². The minimum Gasteiger partial charge on any atom is -0.368 e. The van der Waals surface area contributed by atoms with Crippen molar-refractivity contribution in [1.82, 2.24) is 10.1 Å². The van der Waals surface area contributed by atoms with E-state index in [9.17, 15) is 8.78 Å². The molecule has 0 radical (unpaired) electrons. The summed E-state index contributed by atoms with van der Waals surface area (Å²) in [7, 11) is 0. The Morgan fingerprint density at radius 2 is 2.25 bits per heavy atom. The molecule has 20 heavy (non-hydrogen) atoms. The highest BCUT2D eigenvalue weighted by atomic mass is 19.3. The number of halogens is 2. The lowest BCUT2D eigenvalue weighted by molar-refractivity contribution is -0.156. The molecule has 1 saturated heterocycles. The van der Waals surface area contributed by atoms with Gasteiger partial charge in [0.2, 0.25) is 0 Å². The predicted molar refractivity (Wildman–Crippen MR) is 69.0 cm³/mol. The third-order valence-corrected chi connectivity index (χ3v) is 3.51. The smallest absolute Gasteiger partial charge is 0.345 e. The molecule has 0 saturated carbocycles. The van der Waals surface area contributed by atoms with Crippen LogP contribution in [0.2, 0.25) is 0 Å². The minimum atomic E-state index is -2.73. The number of aryl methyl sites for hydroxylation is 2. The third kappa shape index (κ3) is 2.33. The number of aromatic nitrogens is 2. The molecule has 0 aliphatic carbocycles. The van der Waals surface area contributed by atoms with Gasteiger partial charge in [-0.2, -0.15) is 8.78 Å². The second-order valence-corrected chi connectivity index (χ2v) is 4.98. The lowest BCUT2D eigenvalue weighted by Gasteiger charge is -2.19. The van der Waals surface area contributed by atoms with Gasteiger partial charge in [-0.1, -0.05) is 5.16 Å². The second-order valence-electron chi connectivity index (χ2n) is 4.98. The van der Waals surface area contributed by atoms with E-state index in [1.165, 1.54) is 0 Å². The summed E-state index contributed by atoms with van der Waals surface area (Å²) < 4.78 is 34.3. The number of pyridine rings is 1. The lowest BCUT2D eigenvalue weighted by atomic mass is 10.2. The molecule has 3 heterocycles. The Kier molecular flexibility index (Phi) is 3.29. The summed E-state index contributed by atoms with van der Waals surface area (Å²) in [5.74, 6) is 0. The van der Waals surface area contributed by atoms with Crippen LogP contribution < -0.4 is 4.90 Å². The maximum atomic E-state index is 12.3. The standard InChI is InChI=1S/C13H15F2N3O2/c1-7-5-10(11-8(2)17-20-12(11)16-7)18-4-3-9(6-18)19-13(14)15/h5,9,13H,3-4,6H2,1-2H3/t9-/m1/s1. The van der Waals surface area contributed by atoms with Gasteiger partial charge < -0.3 is 14.2 Å². The number of hydrogen-bond donors (Lipinski definition) is 0. The van der Waals surface area contributed by atoms with Crippen LogP contribution in [0.3, 0.4) is 0 Å². The van der Waals surface area contributed by atoms with Crippen LogP contribution >= 0.6 is 0 Å². The average Bonchev–Trinajstić information content (AvgIpc) is 2.95. The zero-order valence-electron chi connectivity index (χ0n) is 11.3. The van der Waals surface area contributed by atoms with E-state index in [1.807, 2.05) is 24.8 Å². The quantitative estimate of drug-likeness (QED) is 0.866. The molecule has 0 bridgehead atoms. The maximum Gasteiger partial charge on any atom is 0.345 e. The number of alkyl halides is 2. The molecule has 1 aliphatic rings. The Bertz CT molecular complexity index is 629. The Balaban J connectivity index is 1.93. The SMILES string of the molecule is Cc1cc(N2CC[C@@H](OC(F)F)C2)c2c(C)noc2n1. The van der Waals surface area contributed by atoms with Crippen molar-refractivity contribution < 1.29 is 18.0 Å². The van der Waals surface area contributed by atoms with Crippen LogP contribution in [0, 0.1) is 13.8 Å².